The Balaban J connectivity index is 0.941. The molecule has 0 aromatic heterocycles. The minimum absolute atomic E-state index is 0.693. The predicted octanol–water partition coefficient (Wildman–Crippen LogP) is 4.17. The van der Waals surface area contributed by atoms with Crippen molar-refractivity contribution in [3.05, 3.63) is 0 Å². The molecule has 0 aromatic carbocycles. The van der Waals surface area contributed by atoms with Crippen LogP contribution in [-0.4, -0.2) is 52.4 Å². The lowest BCUT2D eigenvalue weighted by Gasteiger charge is -2.38. The van der Waals surface area contributed by atoms with Gasteiger partial charge in [0.05, 0.1) is 0 Å². The van der Waals surface area contributed by atoms with Crippen molar-refractivity contribution >= 4 is 0 Å². The Labute approximate surface area is 192 Å². The Bertz CT molecular complexity index is 507. The van der Waals surface area contributed by atoms with Crippen LogP contribution in [0.4, 0.5) is 0 Å². The normalized spacial score (nSPS) is 36.1. The molecule has 4 saturated carbocycles. The van der Waals surface area contributed by atoms with Crippen molar-refractivity contribution in [2.24, 2.45) is 35.0 Å². The van der Waals surface area contributed by atoms with Crippen molar-refractivity contribution < 1.29 is 0 Å². The maximum Gasteiger partial charge on any atom is 0.000812 e. The standard InChI is InChI=1S/C27H52N4/c1-2-28-10-3-4-11-29-19-25-15-26(25)20-30-12-5-6-13-31-21-27-16-22-8-7-9-23(17-27)24(14-22)18-27/h22-26,28-31H,2-21H2,1H3/t22?,23?,24?,25-,26-,27?/m0/s1. The first-order chi connectivity index (χ1) is 15.3. The maximum absolute atomic E-state index is 3.89. The van der Waals surface area contributed by atoms with Crippen LogP contribution in [0, 0.1) is 35.0 Å². The molecule has 0 saturated heterocycles. The van der Waals surface area contributed by atoms with Gasteiger partial charge in [0.15, 0.2) is 0 Å². The van der Waals surface area contributed by atoms with Crippen LogP contribution in [0.15, 0.2) is 0 Å². The lowest BCUT2D eigenvalue weighted by Crippen LogP contribution is -2.37. The van der Waals surface area contributed by atoms with E-state index in [1.165, 1.54) is 90.8 Å². The van der Waals surface area contributed by atoms with Gasteiger partial charge in [0.25, 0.3) is 0 Å². The molecule has 4 heteroatoms. The Kier molecular flexibility index (Phi) is 9.55. The van der Waals surface area contributed by atoms with Gasteiger partial charge in [-0.25, -0.2) is 0 Å². The van der Waals surface area contributed by atoms with Crippen LogP contribution in [0.25, 0.3) is 0 Å². The van der Waals surface area contributed by atoms with E-state index in [-0.39, 0.29) is 0 Å². The molecule has 4 nitrogen and oxygen atoms in total. The van der Waals surface area contributed by atoms with Crippen LogP contribution in [0.5, 0.6) is 0 Å². The summed E-state index contributed by atoms with van der Waals surface area (Å²) in [7, 11) is 0. The Hall–Kier alpha value is -0.160. The molecule has 0 spiro atoms. The van der Waals surface area contributed by atoms with Gasteiger partial charge in [-0.1, -0.05) is 26.2 Å². The predicted molar refractivity (Wildman–Crippen MR) is 132 cm³/mol. The van der Waals surface area contributed by atoms with Gasteiger partial charge in [0, 0.05) is 6.54 Å². The summed E-state index contributed by atoms with van der Waals surface area (Å²) in [6.45, 7) is 11.9. The van der Waals surface area contributed by atoms with E-state index in [2.05, 4.69) is 28.2 Å². The first-order valence-corrected chi connectivity index (χ1v) is 14.1. The monoisotopic (exact) mass is 432 g/mol. The van der Waals surface area contributed by atoms with E-state index in [0.29, 0.717) is 5.41 Å². The van der Waals surface area contributed by atoms with E-state index in [1.807, 2.05) is 0 Å². The molecule has 4 unspecified atom stereocenters. The van der Waals surface area contributed by atoms with Crippen molar-refractivity contribution in [1.29, 1.82) is 0 Å². The Morgan fingerprint density at radius 1 is 0.677 bits per heavy atom. The summed E-state index contributed by atoms with van der Waals surface area (Å²) >= 11 is 0. The fourth-order valence-corrected chi connectivity index (χ4v) is 7.45. The lowest BCUT2D eigenvalue weighted by atomic mass is 9.69. The summed E-state index contributed by atoms with van der Waals surface area (Å²) in [5, 5.41) is 14.7. The maximum atomic E-state index is 3.89. The molecule has 0 heterocycles. The first kappa shape index (κ1) is 24.0. The molecule has 4 aliphatic carbocycles. The first-order valence-electron chi connectivity index (χ1n) is 14.1. The Morgan fingerprint density at radius 2 is 1.32 bits per heavy atom. The van der Waals surface area contributed by atoms with Crippen molar-refractivity contribution in [1.82, 2.24) is 21.3 Å². The third-order valence-electron chi connectivity index (χ3n) is 9.15. The minimum atomic E-state index is 0.693. The molecule has 31 heavy (non-hydrogen) atoms. The third kappa shape index (κ3) is 7.42. The van der Waals surface area contributed by atoms with Gasteiger partial charge < -0.3 is 21.3 Å². The van der Waals surface area contributed by atoms with Crippen molar-refractivity contribution in [3.63, 3.8) is 0 Å². The molecule has 0 amide bonds. The summed E-state index contributed by atoms with van der Waals surface area (Å²) in [6, 6.07) is 0. The zero-order valence-corrected chi connectivity index (χ0v) is 20.5. The highest BCUT2D eigenvalue weighted by atomic mass is 14.9. The minimum Gasteiger partial charge on any atom is -0.317 e. The number of rotatable bonds is 17. The van der Waals surface area contributed by atoms with E-state index in [0.717, 1.165) is 36.1 Å². The van der Waals surface area contributed by atoms with Crippen LogP contribution < -0.4 is 21.3 Å². The molecule has 0 aromatic rings. The summed E-state index contributed by atoms with van der Waals surface area (Å²) < 4.78 is 0. The highest BCUT2D eigenvalue weighted by Gasteiger charge is 2.50. The number of fused-ring (bicyclic) bond motifs is 2. The molecule has 0 radical (unpaired) electrons. The highest BCUT2D eigenvalue weighted by Crippen LogP contribution is 2.59. The fourth-order valence-electron chi connectivity index (χ4n) is 7.45. The van der Waals surface area contributed by atoms with Gasteiger partial charge in [-0.15, -0.1) is 0 Å². The molecule has 0 aliphatic heterocycles. The smallest absolute Gasteiger partial charge is 0.000812 e. The molecule has 4 fully saturated rings. The second-order valence-corrected chi connectivity index (χ2v) is 11.8. The SMILES string of the molecule is CCNCCCCNC[C@@H]1C[C@H]1CNCCCCNCC12CC3CCCC(C1)C(C3)C2. The van der Waals surface area contributed by atoms with Gasteiger partial charge in [-0.05, 0) is 139 Å². The Morgan fingerprint density at radius 3 is 2.03 bits per heavy atom. The average Bonchev–Trinajstić information content (AvgIpc) is 3.48. The number of nitrogens with one attached hydrogen (secondary N) is 4. The van der Waals surface area contributed by atoms with Gasteiger partial charge in [-0.2, -0.15) is 0 Å². The summed E-state index contributed by atoms with van der Waals surface area (Å²) in [4.78, 5) is 0. The molecule has 4 N–H and O–H groups in total. The van der Waals surface area contributed by atoms with Crippen LogP contribution in [0.1, 0.15) is 84.0 Å². The van der Waals surface area contributed by atoms with Crippen LogP contribution in [0.3, 0.4) is 0 Å². The van der Waals surface area contributed by atoms with Crippen LogP contribution >= 0.6 is 0 Å². The summed E-state index contributed by atoms with van der Waals surface area (Å²) in [5.74, 6) is 5.13. The topological polar surface area (TPSA) is 48.1 Å². The van der Waals surface area contributed by atoms with E-state index in [4.69, 9.17) is 0 Å². The van der Waals surface area contributed by atoms with E-state index >= 15 is 0 Å². The lowest BCUT2D eigenvalue weighted by molar-refractivity contribution is 0.144. The summed E-state index contributed by atoms with van der Waals surface area (Å²) in [6.07, 6.45) is 17.5. The molecular formula is C27H52N4. The number of unbranched alkanes of at least 4 members (excludes halogenated alkanes) is 2. The third-order valence-corrected chi connectivity index (χ3v) is 9.15. The van der Waals surface area contributed by atoms with Gasteiger partial charge in [0.1, 0.15) is 0 Å². The largest absolute Gasteiger partial charge is 0.317 e. The van der Waals surface area contributed by atoms with Crippen molar-refractivity contribution in [2.75, 3.05) is 52.4 Å². The molecular weight excluding hydrogens is 380 g/mol. The highest BCUT2D eigenvalue weighted by molar-refractivity contribution is 5.02. The number of hydrogen-bond donors (Lipinski definition) is 4. The fraction of sp³-hybridized carbons (Fsp3) is 1.00. The van der Waals surface area contributed by atoms with Crippen LogP contribution in [0.2, 0.25) is 0 Å². The van der Waals surface area contributed by atoms with Crippen LogP contribution in [-0.2, 0) is 0 Å². The second-order valence-electron chi connectivity index (χ2n) is 11.8. The zero-order valence-electron chi connectivity index (χ0n) is 20.5. The van der Waals surface area contributed by atoms with E-state index in [9.17, 15) is 0 Å². The summed E-state index contributed by atoms with van der Waals surface area (Å²) in [5.41, 5.74) is 0.693. The average molecular weight is 433 g/mol. The van der Waals surface area contributed by atoms with E-state index < -0.39 is 0 Å². The van der Waals surface area contributed by atoms with Gasteiger partial charge in [-0.3, -0.25) is 0 Å². The van der Waals surface area contributed by atoms with E-state index in [1.54, 1.807) is 32.1 Å². The molecule has 4 aliphatic rings. The quantitative estimate of drug-likeness (QED) is 0.261. The molecule has 4 rings (SSSR count). The number of hydrogen-bond acceptors (Lipinski definition) is 4. The molecule has 6 atom stereocenters. The van der Waals surface area contributed by atoms with Crippen molar-refractivity contribution in [3.8, 4) is 0 Å². The second kappa shape index (κ2) is 12.3. The zero-order chi connectivity index (χ0) is 21.4. The van der Waals surface area contributed by atoms with Gasteiger partial charge in [0.2, 0.25) is 0 Å². The van der Waals surface area contributed by atoms with Crippen molar-refractivity contribution in [2.45, 2.75) is 84.0 Å². The molecule has 180 valence electrons. The molecule has 3 bridgehead atoms. The van der Waals surface area contributed by atoms with Gasteiger partial charge >= 0.3 is 0 Å².